The minimum absolute atomic E-state index is 0. The van der Waals surface area contributed by atoms with Crippen LogP contribution < -0.4 is 20.1 Å². The van der Waals surface area contributed by atoms with Crippen LogP contribution in [-0.4, -0.2) is 36.0 Å². The average Bonchev–Trinajstić information content (AvgIpc) is 3.47. The number of halogens is 1. The topological polar surface area (TPSA) is 93.8 Å². The van der Waals surface area contributed by atoms with Gasteiger partial charge < -0.3 is 24.6 Å². The van der Waals surface area contributed by atoms with Crippen molar-refractivity contribution in [3.8, 4) is 23.0 Å². The highest BCUT2D eigenvalue weighted by Gasteiger charge is 2.13. The molecular weight excluding hydrogens is 521 g/mol. The predicted octanol–water partition coefficient (Wildman–Crippen LogP) is 3.94. The van der Waals surface area contributed by atoms with Crippen LogP contribution in [-0.2, 0) is 19.4 Å². The van der Waals surface area contributed by atoms with Crippen molar-refractivity contribution in [3.63, 3.8) is 0 Å². The lowest BCUT2D eigenvalue weighted by Gasteiger charge is -2.11. The second-order valence-electron chi connectivity index (χ2n) is 7.13. The second-order valence-corrected chi connectivity index (χ2v) is 7.13. The molecule has 0 unspecified atom stereocenters. The molecule has 4 rings (SSSR count). The van der Waals surface area contributed by atoms with Gasteiger partial charge in [-0.2, -0.15) is 4.98 Å². The van der Waals surface area contributed by atoms with Gasteiger partial charge in [-0.25, -0.2) is 4.99 Å². The Hall–Kier alpha value is -2.82. The van der Waals surface area contributed by atoms with E-state index >= 15 is 0 Å². The zero-order chi connectivity index (χ0) is 21.5. The Balaban J connectivity index is 0.00000289. The van der Waals surface area contributed by atoms with Gasteiger partial charge in [-0.3, -0.25) is 0 Å². The number of benzene rings is 2. The van der Waals surface area contributed by atoms with Gasteiger partial charge in [-0.05, 0) is 48.7 Å². The number of guanidine groups is 1. The summed E-state index contributed by atoms with van der Waals surface area (Å²) in [6, 6.07) is 14.1. The fourth-order valence-electron chi connectivity index (χ4n) is 3.21. The van der Waals surface area contributed by atoms with Gasteiger partial charge in [0.05, 0.1) is 6.54 Å². The minimum atomic E-state index is 0. The lowest BCUT2D eigenvalue weighted by molar-refractivity contribution is 0.174. The third-order valence-corrected chi connectivity index (χ3v) is 4.89. The lowest BCUT2D eigenvalue weighted by atomic mass is 10.1. The molecule has 0 aliphatic carbocycles. The molecule has 1 aliphatic heterocycles. The number of ether oxygens (including phenoxy) is 2. The number of aliphatic imine (C=N–C) groups is 1. The Morgan fingerprint density at radius 3 is 2.53 bits per heavy atom. The van der Waals surface area contributed by atoms with Crippen molar-refractivity contribution < 1.29 is 14.0 Å². The van der Waals surface area contributed by atoms with Crippen LogP contribution in [0.15, 0.2) is 52.0 Å². The highest BCUT2D eigenvalue weighted by atomic mass is 127. The molecule has 0 amide bonds. The first kappa shape index (κ1) is 23.8. The van der Waals surface area contributed by atoms with E-state index in [0.717, 1.165) is 60.3 Å². The molecule has 2 heterocycles. The maximum Gasteiger partial charge on any atom is 0.257 e. The van der Waals surface area contributed by atoms with E-state index in [9.17, 15) is 0 Å². The third-order valence-electron chi connectivity index (χ3n) is 4.89. The van der Waals surface area contributed by atoms with Crippen molar-refractivity contribution in [1.82, 2.24) is 20.8 Å². The molecule has 0 fully saturated rings. The number of rotatable bonds is 8. The van der Waals surface area contributed by atoms with Crippen LogP contribution >= 0.6 is 24.0 Å². The maximum atomic E-state index is 5.44. The smallest absolute Gasteiger partial charge is 0.257 e. The first-order valence-electron chi connectivity index (χ1n) is 10.6. The first-order chi connectivity index (χ1) is 15.2. The maximum absolute atomic E-state index is 5.44. The van der Waals surface area contributed by atoms with Crippen LogP contribution in [0.2, 0.25) is 0 Å². The van der Waals surface area contributed by atoms with E-state index in [1.165, 1.54) is 5.56 Å². The molecule has 0 saturated carbocycles. The van der Waals surface area contributed by atoms with E-state index < -0.39 is 0 Å². The van der Waals surface area contributed by atoms with Gasteiger partial charge in [0.2, 0.25) is 6.79 Å². The summed E-state index contributed by atoms with van der Waals surface area (Å²) >= 11 is 0. The number of hydrogen-bond acceptors (Lipinski definition) is 6. The molecule has 1 aliphatic rings. The average molecular weight is 549 g/mol. The largest absolute Gasteiger partial charge is 0.454 e. The van der Waals surface area contributed by atoms with Crippen LogP contribution in [0, 0.1) is 0 Å². The number of hydrogen-bond donors (Lipinski definition) is 2. The fraction of sp³-hybridized carbons (Fsp3) is 0.348. The molecule has 32 heavy (non-hydrogen) atoms. The Labute approximate surface area is 204 Å². The van der Waals surface area contributed by atoms with Gasteiger partial charge in [0.1, 0.15) is 0 Å². The van der Waals surface area contributed by atoms with Crippen molar-refractivity contribution in [3.05, 3.63) is 59.4 Å². The summed E-state index contributed by atoms with van der Waals surface area (Å²) in [7, 11) is 0. The molecule has 1 aromatic heterocycles. The molecular formula is C23H28IN5O3. The molecule has 170 valence electrons. The van der Waals surface area contributed by atoms with E-state index in [1.807, 2.05) is 37.3 Å². The summed E-state index contributed by atoms with van der Waals surface area (Å²) in [6.07, 6.45) is 1.64. The normalized spacial score (nSPS) is 12.4. The Kier molecular flexibility index (Phi) is 8.72. The number of aromatic nitrogens is 2. The SMILES string of the molecule is CCNC(=NCc1ccc2c(c1)OCO2)NCCc1ccc(-c2nc(CC)no2)cc1.I. The summed E-state index contributed by atoms with van der Waals surface area (Å²) < 4.78 is 16.1. The third kappa shape index (κ3) is 6.12. The minimum Gasteiger partial charge on any atom is -0.454 e. The first-order valence-corrected chi connectivity index (χ1v) is 10.6. The molecule has 0 radical (unpaired) electrons. The molecule has 9 heteroatoms. The lowest BCUT2D eigenvalue weighted by Crippen LogP contribution is -2.38. The van der Waals surface area contributed by atoms with Gasteiger partial charge in [0, 0.05) is 25.1 Å². The summed E-state index contributed by atoms with van der Waals surface area (Å²) in [6.45, 7) is 6.47. The van der Waals surface area contributed by atoms with Crippen LogP contribution in [0.5, 0.6) is 11.5 Å². The Morgan fingerprint density at radius 2 is 1.78 bits per heavy atom. The van der Waals surface area contributed by atoms with E-state index in [2.05, 4.69) is 44.8 Å². The molecule has 0 bridgehead atoms. The van der Waals surface area contributed by atoms with Gasteiger partial charge >= 0.3 is 0 Å². The molecule has 0 saturated heterocycles. The predicted molar refractivity (Wildman–Crippen MR) is 134 cm³/mol. The van der Waals surface area contributed by atoms with Gasteiger partial charge in [0.25, 0.3) is 5.89 Å². The van der Waals surface area contributed by atoms with E-state index in [1.54, 1.807) is 0 Å². The van der Waals surface area contributed by atoms with Crippen LogP contribution in [0.1, 0.15) is 30.8 Å². The van der Waals surface area contributed by atoms with Crippen molar-refractivity contribution in [2.24, 2.45) is 4.99 Å². The quantitative estimate of drug-likeness (QED) is 0.250. The van der Waals surface area contributed by atoms with E-state index in [-0.39, 0.29) is 30.8 Å². The Bertz CT molecular complexity index is 1040. The number of fused-ring (bicyclic) bond motifs is 1. The standard InChI is InChI=1S/C23H27N5O3.HI/c1-3-21-27-22(31-28-21)18-8-5-16(6-9-18)11-12-25-23(24-4-2)26-14-17-7-10-19-20(13-17)30-15-29-19;/h5-10,13H,3-4,11-12,14-15H2,1-2H3,(H2,24,25,26);1H. The number of aryl methyl sites for hydroxylation is 1. The number of nitrogens with one attached hydrogen (secondary N) is 2. The van der Waals surface area contributed by atoms with E-state index in [4.69, 9.17) is 14.0 Å². The zero-order valence-electron chi connectivity index (χ0n) is 18.3. The monoisotopic (exact) mass is 549 g/mol. The zero-order valence-corrected chi connectivity index (χ0v) is 20.6. The van der Waals surface area contributed by atoms with Crippen LogP contribution in [0.3, 0.4) is 0 Å². The Morgan fingerprint density at radius 1 is 1.00 bits per heavy atom. The molecule has 2 N–H and O–H groups in total. The summed E-state index contributed by atoms with van der Waals surface area (Å²) in [5.74, 6) is 3.63. The molecule has 0 spiro atoms. The van der Waals surface area contributed by atoms with Crippen molar-refractivity contribution >= 4 is 29.9 Å². The molecule has 3 aromatic rings. The highest BCUT2D eigenvalue weighted by Crippen LogP contribution is 2.32. The second kappa shape index (κ2) is 11.7. The highest BCUT2D eigenvalue weighted by molar-refractivity contribution is 14.0. The van der Waals surface area contributed by atoms with Gasteiger partial charge in [0.15, 0.2) is 23.3 Å². The summed E-state index contributed by atoms with van der Waals surface area (Å²) in [5.41, 5.74) is 3.23. The fourth-order valence-corrected chi connectivity index (χ4v) is 3.21. The van der Waals surface area contributed by atoms with Crippen molar-refractivity contribution in [2.45, 2.75) is 33.2 Å². The summed E-state index contributed by atoms with van der Waals surface area (Å²) in [4.78, 5) is 9.05. The molecule has 8 nitrogen and oxygen atoms in total. The van der Waals surface area contributed by atoms with Crippen molar-refractivity contribution in [2.75, 3.05) is 19.9 Å². The van der Waals surface area contributed by atoms with Gasteiger partial charge in [-0.1, -0.05) is 30.3 Å². The summed E-state index contributed by atoms with van der Waals surface area (Å²) in [5, 5.41) is 10.6. The van der Waals surface area contributed by atoms with Crippen LogP contribution in [0.25, 0.3) is 11.5 Å². The molecule has 2 aromatic carbocycles. The number of nitrogens with zero attached hydrogens (tertiary/aromatic N) is 3. The van der Waals surface area contributed by atoms with Crippen LogP contribution in [0.4, 0.5) is 0 Å². The van der Waals surface area contributed by atoms with E-state index in [0.29, 0.717) is 12.4 Å². The van der Waals surface area contributed by atoms with Gasteiger partial charge in [-0.15, -0.1) is 24.0 Å². The molecule has 0 atom stereocenters. The van der Waals surface area contributed by atoms with Crippen molar-refractivity contribution in [1.29, 1.82) is 0 Å².